The van der Waals surface area contributed by atoms with Crippen LogP contribution in [-0.4, -0.2) is 34.7 Å². The topological polar surface area (TPSA) is 91.1 Å². The first-order chi connectivity index (χ1) is 12.3. The second-order valence-corrected chi connectivity index (χ2v) is 6.58. The van der Waals surface area contributed by atoms with Gasteiger partial charge in [0.1, 0.15) is 5.82 Å². The fourth-order valence-electron chi connectivity index (χ4n) is 3.35. The van der Waals surface area contributed by atoms with E-state index >= 15 is 0 Å². The Balaban J connectivity index is 1.36. The van der Waals surface area contributed by atoms with E-state index < -0.39 is 0 Å². The van der Waals surface area contributed by atoms with Crippen molar-refractivity contribution in [1.29, 1.82) is 0 Å². The number of hydrogen-bond acceptors (Lipinski definition) is 4. The molecule has 1 aliphatic rings. The minimum absolute atomic E-state index is 0.538. The average molecular weight is 344 g/mol. The van der Waals surface area contributed by atoms with Crippen molar-refractivity contribution in [2.24, 2.45) is 10.9 Å². The number of rotatable bonds is 7. The number of nitrogens with one attached hydrogen (secondary N) is 3. The first kappa shape index (κ1) is 17.5. The number of hydrogen-bond donors (Lipinski definition) is 3. The van der Waals surface area contributed by atoms with Crippen LogP contribution in [0.2, 0.25) is 0 Å². The van der Waals surface area contributed by atoms with Gasteiger partial charge in [0.05, 0.1) is 12.8 Å². The van der Waals surface area contributed by atoms with Gasteiger partial charge < -0.3 is 15.1 Å². The Morgan fingerprint density at radius 1 is 1.32 bits per heavy atom. The van der Waals surface area contributed by atoms with E-state index in [1.54, 1.807) is 13.3 Å². The van der Waals surface area contributed by atoms with E-state index in [2.05, 4.69) is 30.8 Å². The van der Waals surface area contributed by atoms with Crippen molar-refractivity contribution in [1.82, 2.24) is 25.8 Å². The van der Waals surface area contributed by atoms with Gasteiger partial charge in [0.15, 0.2) is 11.7 Å². The van der Waals surface area contributed by atoms with Gasteiger partial charge in [-0.1, -0.05) is 32.1 Å². The number of furan rings is 1. The molecular formula is C18H28N6O. The number of H-pyrrole nitrogens is 1. The number of nitrogens with zero attached hydrogens (tertiary/aromatic N) is 3. The van der Waals surface area contributed by atoms with Gasteiger partial charge in [-0.25, -0.2) is 4.98 Å². The van der Waals surface area contributed by atoms with E-state index in [1.807, 2.05) is 12.1 Å². The first-order valence-corrected chi connectivity index (χ1v) is 9.25. The van der Waals surface area contributed by atoms with Gasteiger partial charge in [-0.15, -0.1) is 5.10 Å². The summed E-state index contributed by atoms with van der Waals surface area (Å²) in [6.07, 6.45) is 11.2. The highest BCUT2D eigenvalue weighted by Gasteiger charge is 2.13. The Morgan fingerprint density at radius 2 is 2.20 bits per heavy atom. The molecule has 136 valence electrons. The van der Waals surface area contributed by atoms with Gasteiger partial charge in [0.2, 0.25) is 5.82 Å². The van der Waals surface area contributed by atoms with Crippen LogP contribution < -0.4 is 10.6 Å². The largest absolute Gasteiger partial charge is 0.461 e. The molecule has 3 rings (SSSR count). The third-order valence-corrected chi connectivity index (χ3v) is 4.73. The molecule has 0 bridgehead atoms. The summed E-state index contributed by atoms with van der Waals surface area (Å²) in [5, 5.41) is 13.7. The Hall–Kier alpha value is -2.31. The fourth-order valence-corrected chi connectivity index (χ4v) is 3.35. The second kappa shape index (κ2) is 9.25. The molecule has 0 spiro atoms. The Kier molecular flexibility index (Phi) is 6.48. The number of guanidine groups is 1. The van der Waals surface area contributed by atoms with E-state index in [9.17, 15) is 0 Å². The van der Waals surface area contributed by atoms with Gasteiger partial charge in [-0.2, -0.15) is 0 Å². The van der Waals surface area contributed by atoms with Crippen LogP contribution in [0.25, 0.3) is 11.6 Å². The van der Waals surface area contributed by atoms with Crippen LogP contribution in [0, 0.1) is 5.92 Å². The van der Waals surface area contributed by atoms with E-state index in [0.29, 0.717) is 18.1 Å². The van der Waals surface area contributed by atoms with Crippen molar-refractivity contribution < 1.29 is 4.42 Å². The normalized spacial score (nSPS) is 16.1. The zero-order chi connectivity index (χ0) is 17.3. The molecule has 0 radical (unpaired) electrons. The summed E-state index contributed by atoms with van der Waals surface area (Å²) >= 11 is 0. The Labute approximate surface area is 148 Å². The molecule has 2 aromatic heterocycles. The molecule has 0 saturated heterocycles. The van der Waals surface area contributed by atoms with Crippen LogP contribution in [-0.2, 0) is 6.54 Å². The van der Waals surface area contributed by atoms with E-state index in [-0.39, 0.29) is 0 Å². The number of aromatic nitrogens is 3. The molecule has 7 nitrogen and oxygen atoms in total. The van der Waals surface area contributed by atoms with E-state index in [4.69, 9.17) is 4.42 Å². The zero-order valence-corrected chi connectivity index (χ0v) is 14.9. The Bertz CT molecular complexity index is 642. The predicted molar refractivity (Wildman–Crippen MR) is 98.1 cm³/mol. The van der Waals surface area contributed by atoms with Crippen LogP contribution >= 0.6 is 0 Å². The maximum atomic E-state index is 5.29. The summed E-state index contributed by atoms with van der Waals surface area (Å²) < 4.78 is 5.29. The number of aliphatic imine (C=N–C) groups is 1. The molecule has 2 heterocycles. The third kappa shape index (κ3) is 5.34. The van der Waals surface area contributed by atoms with Gasteiger partial charge in [-0.3, -0.25) is 10.1 Å². The van der Waals surface area contributed by atoms with Gasteiger partial charge in [-0.05, 0) is 30.9 Å². The minimum Gasteiger partial charge on any atom is -0.461 e. The molecular weight excluding hydrogens is 316 g/mol. The molecule has 0 unspecified atom stereocenters. The summed E-state index contributed by atoms with van der Waals surface area (Å²) in [4.78, 5) is 8.67. The van der Waals surface area contributed by atoms with Gasteiger partial charge in [0.25, 0.3) is 0 Å². The van der Waals surface area contributed by atoms with Gasteiger partial charge >= 0.3 is 0 Å². The van der Waals surface area contributed by atoms with Crippen molar-refractivity contribution in [3.8, 4) is 11.6 Å². The van der Waals surface area contributed by atoms with Crippen LogP contribution in [0.3, 0.4) is 0 Å². The van der Waals surface area contributed by atoms with Crippen molar-refractivity contribution in [3.63, 3.8) is 0 Å². The quantitative estimate of drug-likeness (QED) is 0.408. The van der Waals surface area contributed by atoms with Crippen molar-refractivity contribution in [2.75, 3.05) is 13.6 Å². The minimum atomic E-state index is 0.538. The third-order valence-electron chi connectivity index (χ3n) is 4.73. The molecule has 2 aromatic rings. The fraction of sp³-hybridized carbons (Fsp3) is 0.611. The lowest BCUT2D eigenvalue weighted by molar-refractivity contribution is 0.332. The van der Waals surface area contributed by atoms with Crippen molar-refractivity contribution >= 4 is 5.96 Å². The summed E-state index contributed by atoms with van der Waals surface area (Å²) in [5.74, 6) is 3.70. The molecule has 25 heavy (non-hydrogen) atoms. The second-order valence-electron chi connectivity index (χ2n) is 6.58. The molecule has 1 saturated carbocycles. The lowest BCUT2D eigenvalue weighted by atomic mass is 9.86. The maximum absolute atomic E-state index is 5.29. The summed E-state index contributed by atoms with van der Waals surface area (Å²) in [5.41, 5.74) is 0. The summed E-state index contributed by atoms with van der Waals surface area (Å²) in [6.45, 7) is 1.49. The summed E-state index contributed by atoms with van der Waals surface area (Å²) in [7, 11) is 1.78. The molecule has 0 aliphatic heterocycles. The highest BCUT2D eigenvalue weighted by Crippen LogP contribution is 2.26. The van der Waals surface area contributed by atoms with Crippen LogP contribution in [0.1, 0.15) is 50.8 Å². The SMILES string of the molecule is CN=C(NCCCC1CCCCC1)NCc1nc(-c2ccco2)n[nH]1. The lowest BCUT2D eigenvalue weighted by Crippen LogP contribution is -2.37. The van der Waals surface area contributed by atoms with Crippen LogP contribution in [0.4, 0.5) is 0 Å². The molecule has 1 aliphatic carbocycles. The highest BCUT2D eigenvalue weighted by atomic mass is 16.3. The van der Waals surface area contributed by atoms with E-state index in [0.717, 1.165) is 24.2 Å². The average Bonchev–Trinajstić information content (AvgIpc) is 3.33. The summed E-state index contributed by atoms with van der Waals surface area (Å²) in [6, 6.07) is 3.66. The molecule has 1 fully saturated rings. The smallest absolute Gasteiger partial charge is 0.216 e. The Morgan fingerprint density at radius 3 is 2.96 bits per heavy atom. The zero-order valence-electron chi connectivity index (χ0n) is 14.9. The molecule has 0 amide bonds. The first-order valence-electron chi connectivity index (χ1n) is 9.25. The molecule has 7 heteroatoms. The number of aromatic amines is 1. The standard InChI is InChI=1S/C18H28N6O/c1-19-18(20-11-5-9-14-7-3-2-4-8-14)21-13-16-22-17(24-23-16)15-10-6-12-25-15/h6,10,12,14H,2-5,7-9,11,13H2,1H3,(H2,19,20,21)(H,22,23,24). The van der Waals surface area contributed by atoms with Crippen LogP contribution in [0.15, 0.2) is 27.8 Å². The maximum Gasteiger partial charge on any atom is 0.216 e. The van der Waals surface area contributed by atoms with Crippen LogP contribution in [0.5, 0.6) is 0 Å². The highest BCUT2D eigenvalue weighted by molar-refractivity contribution is 5.79. The van der Waals surface area contributed by atoms with Gasteiger partial charge in [0, 0.05) is 13.6 Å². The van der Waals surface area contributed by atoms with E-state index in [1.165, 1.54) is 44.9 Å². The molecule has 3 N–H and O–H groups in total. The lowest BCUT2D eigenvalue weighted by Gasteiger charge is -2.21. The van der Waals surface area contributed by atoms with Crippen molar-refractivity contribution in [2.45, 2.75) is 51.5 Å². The van der Waals surface area contributed by atoms with Crippen molar-refractivity contribution in [3.05, 3.63) is 24.2 Å². The molecule has 0 aromatic carbocycles. The predicted octanol–water partition coefficient (Wildman–Crippen LogP) is 3.09. The molecule has 0 atom stereocenters. The monoisotopic (exact) mass is 344 g/mol.